The molecule has 0 saturated carbocycles. The minimum absolute atomic E-state index is 0.0639. The SMILES string of the molecule is OB(O)c1ccc(-c2ccccc2C(F)(F)F)cc1. The van der Waals surface area contributed by atoms with Gasteiger partial charge in [-0.3, -0.25) is 0 Å². The first-order valence-electron chi connectivity index (χ1n) is 5.52. The number of hydrogen-bond acceptors (Lipinski definition) is 2. The third kappa shape index (κ3) is 2.97. The lowest BCUT2D eigenvalue weighted by Gasteiger charge is -2.13. The van der Waals surface area contributed by atoms with Gasteiger partial charge >= 0.3 is 13.3 Å². The molecule has 2 N–H and O–H groups in total. The number of rotatable bonds is 2. The molecule has 0 heterocycles. The molecule has 6 heteroatoms. The van der Waals surface area contributed by atoms with Crippen molar-refractivity contribution in [2.45, 2.75) is 6.18 Å². The van der Waals surface area contributed by atoms with Gasteiger partial charge in [0.1, 0.15) is 0 Å². The Labute approximate surface area is 108 Å². The molecule has 0 spiro atoms. The van der Waals surface area contributed by atoms with Gasteiger partial charge in [-0.15, -0.1) is 0 Å². The minimum Gasteiger partial charge on any atom is -0.423 e. The predicted octanol–water partition coefficient (Wildman–Crippen LogP) is 2.05. The summed E-state index contributed by atoms with van der Waals surface area (Å²) in [6.45, 7) is 0. The van der Waals surface area contributed by atoms with E-state index >= 15 is 0 Å². The van der Waals surface area contributed by atoms with Crippen LogP contribution in [0, 0.1) is 0 Å². The van der Waals surface area contributed by atoms with E-state index in [0.29, 0.717) is 5.56 Å². The van der Waals surface area contributed by atoms with Gasteiger partial charge in [-0.1, -0.05) is 42.5 Å². The zero-order chi connectivity index (χ0) is 14.0. The third-order valence-electron chi connectivity index (χ3n) is 2.75. The molecule has 0 atom stereocenters. The van der Waals surface area contributed by atoms with Crippen molar-refractivity contribution in [3.8, 4) is 11.1 Å². The molecule has 2 nitrogen and oxygen atoms in total. The van der Waals surface area contributed by atoms with Crippen molar-refractivity contribution >= 4 is 12.6 Å². The van der Waals surface area contributed by atoms with E-state index in [4.69, 9.17) is 10.0 Å². The Morgan fingerprint density at radius 1 is 0.842 bits per heavy atom. The lowest BCUT2D eigenvalue weighted by molar-refractivity contribution is -0.137. The average molecular weight is 266 g/mol. The summed E-state index contributed by atoms with van der Waals surface area (Å²) in [5.74, 6) is 0. The fourth-order valence-corrected chi connectivity index (χ4v) is 1.82. The lowest BCUT2D eigenvalue weighted by Crippen LogP contribution is -2.29. The molecule has 98 valence electrons. The van der Waals surface area contributed by atoms with Gasteiger partial charge < -0.3 is 10.0 Å². The van der Waals surface area contributed by atoms with E-state index in [1.807, 2.05) is 0 Å². The molecule has 0 amide bonds. The fraction of sp³-hybridized carbons (Fsp3) is 0.0769. The van der Waals surface area contributed by atoms with E-state index in [9.17, 15) is 13.2 Å². The maximum Gasteiger partial charge on any atom is 0.488 e. The van der Waals surface area contributed by atoms with Crippen LogP contribution in [0.4, 0.5) is 13.2 Å². The molecule has 0 bridgehead atoms. The summed E-state index contributed by atoms with van der Waals surface area (Å²) in [5.41, 5.74) is -0.0492. The Morgan fingerprint density at radius 3 is 1.95 bits per heavy atom. The molecule has 19 heavy (non-hydrogen) atoms. The monoisotopic (exact) mass is 266 g/mol. The Morgan fingerprint density at radius 2 is 1.42 bits per heavy atom. The van der Waals surface area contributed by atoms with Gasteiger partial charge in [0, 0.05) is 0 Å². The maximum atomic E-state index is 12.9. The standard InChI is InChI=1S/C13H10BF3O2/c15-13(16,17)12-4-2-1-3-11(12)9-5-7-10(8-6-9)14(18)19/h1-8,18-19H. The molecular formula is C13H10BF3O2. The first kappa shape index (κ1) is 13.6. The van der Waals surface area contributed by atoms with E-state index in [1.165, 1.54) is 42.5 Å². The Kier molecular flexibility index (Phi) is 3.64. The highest BCUT2D eigenvalue weighted by molar-refractivity contribution is 6.58. The van der Waals surface area contributed by atoms with Gasteiger partial charge in [-0.25, -0.2) is 0 Å². The average Bonchev–Trinajstić information content (AvgIpc) is 2.38. The second-order valence-electron chi connectivity index (χ2n) is 4.04. The molecule has 0 unspecified atom stereocenters. The summed E-state index contributed by atoms with van der Waals surface area (Å²) >= 11 is 0. The second kappa shape index (κ2) is 5.07. The maximum absolute atomic E-state index is 12.9. The first-order chi connectivity index (χ1) is 8.89. The zero-order valence-electron chi connectivity index (χ0n) is 9.72. The molecule has 2 rings (SSSR count). The van der Waals surface area contributed by atoms with Crippen LogP contribution in [-0.2, 0) is 6.18 Å². The largest absolute Gasteiger partial charge is 0.488 e. The van der Waals surface area contributed by atoms with Gasteiger partial charge in [0.05, 0.1) is 5.56 Å². The molecule has 0 radical (unpaired) electrons. The smallest absolute Gasteiger partial charge is 0.423 e. The van der Waals surface area contributed by atoms with Crippen molar-refractivity contribution in [3.63, 3.8) is 0 Å². The van der Waals surface area contributed by atoms with Crippen molar-refractivity contribution in [2.75, 3.05) is 0 Å². The molecule has 2 aromatic carbocycles. The summed E-state index contributed by atoms with van der Waals surface area (Å²) in [4.78, 5) is 0. The normalized spacial score (nSPS) is 11.4. The van der Waals surface area contributed by atoms with Crippen molar-refractivity contribution in [2.24, 2.45) is 0 Å². The minimum atomic E-state index is -4.42. The number of halogens is 3. The van der Waals surface area contributed by atoms with Crippen molar-refractivity contribution in [3.05, 3.63) is 54.1 Å². The molecule has 0 fully saturated rings. The summed E-state index contributed by atoms with van der Waals surface area (Å²) in [7, 11) is -1.63. The number of hydrogen-bond donors (Lipinski definition) is 2. The van der Waals surface area contributed by atoms with Crippen LogP contribution < -0.4 is 5.46 Å². The topological polar surface area (TPSA) is 40.5 Å². The summed E-state index contributed by atoms with van der Waals surface area (Å²) in [5, 5.41) is 17.9. The van der Waals surface area contributed by atoms with E-state index in [-0.39, 0.29) is 11.0 Å². The van der Waals surface area contributed by atoms with Crippen molar-refractivity contribution in [1.82, 2.24) is 0 Å². The van der Waals surface area contributed by atoms with Gasteiger partial charge in [0.2, 0.25) is 0 Å². The predicted molar refractivity (Wildman–Crippen MR) is 66.7 cm³/mol. The van der Waals surface area contributed by atoms with Crippen LogP contribution >= 0.6 is 0 Å². The molecule has 0 aliphatic rings. The molecule has 0 aliphatic heterocycles. The van der Waals surface area contributed by atoms with Crippen molar-refractivity contribution in [1.29, 1.82) is 0 Å². The van der Waals surface area contributed by atoms with Crippen LogP contribution in [0.2, 0.25) is 0 Å². The quantitative estimate of drug-likeness (QED) is 0.817. The molecule has 0 aromatic heterocycles. The van der Waals surface area contributed by atoms with E-state index in [2.05, 4.69) is 0 Å². The van der Waals surface area contributed by atoms with Crippen LogP contribution in [-0.4, -0.2) is 17.2 Å². The number of benzene rings is 2. The number of alkyl halides is 3. The highest BCUT2D eigenvalue weighted by atomic mass is 19.4. The van der Waals surface area contributed by atoms with Gasteiger partial charge in [-0.2, -0.15) is 13.2 Å². The Hall–Kier alpha value is -1.79. The van der Waals surface area contributed by atoms with Crippen LogP contribution in [0.25, 0.3) is 11.1 Å². The van der Waals surface area contributed by atoms with E-state index < -0.39 is 18.9 Å². The molecule has 0 aliphatic carbocycles. The first-order valence-corrected chi connectivity index (χ1v) is 5.52. The van der Waals surface area contributed by atoms with Crippen LogP contribution in [0.15, 0.2) is 48.5 Å². The van der Waals surface area contributed by atoms with E-state index in [0.717, 1.165) is 6.07 Å². The summed E-state index contributed by atoms with van der Waals surface area (Å²) in [6.07, 6.45) is -4.42. The molecular weight excluding hydrogens is 256 g/mol. The molecule has 2 aromatic rings. The zero-order valence-corrected chi connectivity index (χ0v) is 9.72. The summed E-state index contributed by atoms with van der Waals surface area (Å²) in [6, 6.07) is 10.9. The van der Waals surface area contributed by atoms with Crippen LogP contribution in [0.3, 0.4) is 0 Å². The summed E-state index contributed by atoms with van der Waals surface area (Å²) < 4.78 is 38.6. The van der Waals surface area contributed by atoms with Gasteiger partial charge in [0.15, 0.2) is 0 Å². The highest BCUT2D eigenvalue weighted by Gasteiger charge is 2.33. The second-order valence-corrected chi connectivity index (χ2v) is 4.04. The fourth-order valence-electron chi connectivity index (χ4n) is 1.82. The van der Waals surface area contributed by atoms with Gasteiger partial charge in [0.25, 0.3) is 0 Å². The third-order valence-corrected chi connectivity index (χ3v) is 2.75. The van der Waals surface area contributed by atoms with Crippen molar-refractivity contribution < 1.29 is 23.2 Å². The lowest BCUT2D eigenvalue weighted by atomic mass is 9.79. The Balaban J connectivity index is 2.48. The van der Waals surface area contributed by atoms with Gasteiger partial charge in [-0.05, 0) is 22.7 Å². The van der Waals surface area contributed by atoms with Crippen LogP contribution in [0.1, 0.15) is 5.56 Å². The Bertz CT molecular complexity index is 565. The molecule has 0 saturated heterocycles. The highest BCUT2D eigenvalue weighted by Crippen LogP contribution is 2.36. The van der Waals surface area contributed by atoms with E-state index in [1.54, 1.807) is 0 Å². The van der Waals surface area contributed by atoms with Crippen LogP contribution in [0.5, 0.6) is 0 Å².